The highest BCUT2D eigenvalue weighted by Gasteiger charge is 2.19. The van der Waals surface area contributed by atoms with Crippen LogP contribution in [0.3, 0.4) is 0 Å². The van der Waals surface area contributed by atoms with Crippen LogP contribution in [0.4, 0.5) is 5.69 Å². The molecule has 0 spiro atoms. The van der Waals surface area contributed by atoms with Crippen molar-refractivity contribution in [2.24, 2.45) is 4.99 Å². The molecule has 5 aromatic rings. The number of fused-ring (bicyclic) bond motifs is 2. The van der Waals surface area contributed by atoms with Crippen molar-refractivity contribution in [3.8, 4) is 22.6 Å². The van der Waals surface area contributed by atoms with Crippen molar-refractivity contribution in [2.75, 3.05) is 0 Å². The summed E-state index contributed by atoms with van der Waals surface area (Å²) in [5, 5.41) is 25.9. The molecule has 5 aromatic carbocycles. The van der Waals surface area contributed by atoms with E-state index in [1.165, 1.54) is 5.56 Å². The lowest BCUT2D eigenvalue weighted by Crippen LogP contribution is -1.91. The second-order valence-electron chi connectivity index (χ2n) is 7.69. The molecule has 0 amide bonds. The molecule has 5 rings (SSSR count). The van der Waals surface area contributed by atoms with Gasteiger partial charge in [0.05, 0.1) is 5.69 Å². The van der Waals surface area contributed by atoms with E-state index in [2.05, 4.69) is 4.99 Å². The molecule has 3 heteroatoms. The van der Waals surface area contributed by atoms with Crippen LogP contribution < -0.4 is 0 Å². The summed E-state index contributed by atoms with van der Waals surface area (Å²) in [6.45, 7) is 2.03. The number of benzene rings is 5. The van der Waals surface area contributed by atoms with Gasteiger partial charge in [0.15, 0.2) is 0 Å². The van der Waals surface area contributed by atoms with Gasteiger partial charge >= 0.3 is 0 Å². The Labute approximate surface area is 180 Å². The van der Waals surface area contributed by atoms with E-state index in [1.807, 2.05) is 91.9 Å². The fourth-order valence-corrected chi connectivity index (χ4v) is 4.01. The zero-order valence-corrected chi connectivity index (χ0v) is 17.1. The molecule has 0 aliphatic heterocycles. The lowest BCUT2D eigenvalue weighted by molar-refractivity contribution is 0.470. The molecule has 0 saturated heterocycles. The van der Waals surface area contributed by atoms with Crippen LogP contribution in [0.1, 0.15) is 11.1 Å². The highest BCUT2D eigenvalue weighted by molar-refractivity contribution is 6.12. The van der Waals surface area contributed by atoms with Gasteiger partial charge in [-0.25, -0.2) is 0 Å². The number of rotatable bonds is 3. The Balaban J connectivity index is 1.79. The maximum atomic E-state index is 11.3. The molecule has 2 N–H and O–H groups in total. The van der Waals surface area contributed by atoms with E-state index < -0.39 is 0 Å². The van der Waals surface area contributed by atoms with Gasteiger partial charge in [-0.1, -0.05) is 72.3 Å². The summed E-state index contributed by atoms with van der Waals surface area (Å²) in [6.07, 6.45) is 1.68. The molecule has 0 bridgehead atoms. The second kappa shape index (κ2) is 7.62. The quantitative estimate of drug-likeness (QED) is 0.315. The van der Waals surface area contributed by atoms with Crippen LogP contribution in [0, 0.1) is 6.92 Å². The molecule has 0 aliphatic rings. The molecule has 0 radical (unpaired) electrons. The van der Waals surface area contributed by atoms with Crippen LogP contribution >= 0.6 is 0 Å². The third kappa shape index (κ3) is 3.40. The standard InChI is InChI=1S/C28H21NO2/c1-18-10-13-22(14-11-18)29-17-21-16-20-7-3-5-9-24(20)27(28(21)31)26-23-8-4-2-6-19(23)12-15-25(26)30/h2-17,30-31H,1H3. The molecule has 0 unspecified atom stereocenters. The molecule has 0 aliphatic carbocycles. The summed E-state index contributed by atoms with van der Waals surface area (Å²) in [5.74, 6) is 0.230. The lowest BCUT2D eigenvalue weighted by Gasteiger charge is -2.16. The monoisotopic (exact) mass is 403 g/mol. The molecule has 0 atom stereocenters. The Morgan fingerprint density at radius 1 is 0.677 bits per heavy atom. The van der Waals surface area contributed by atoms with E-state index >= 15 is 0 Å². The van der Waals surface area contributed by atoms with Crippen molar-refractivity contribution in [3.05, 3.63) is 102 Å². The summed E-state index contributed by atoms with van der Waals surface area (Å²) in [4.78, 5) is 4.56. The summed E-state index contributed by atoms with van der Waals surface area (Å²) in [5.41, 5.74) is 3.81. The average molecular weight is 403 g/mol. The molecule has 0 fully saturated rings. The van der Waals surface area contributed by atoms with Gasteiger partial charge in [0.2, 0.25) is 0 Å². The van der Waals surface area contributed by atoms with E-state index in [0.29, 0.717) is 16.7 Å². The Bertz CT molecular complexity index is 1450. The molecule has 0 heterocycles. The van der Waals surface area contributed by atoms with Gasteiger partial charge in [0.25, 0.3) is 0 Å². The van der Waals surface area contributed by atoms with E-state index in [9.17, 15) is 10.2 Å². The summed E-state index contributed by atoms with van der Waals surface area (Å²) >= 11 is 0. The molecular weight excluding hydrogens is 382 g/mol. The summed E-state index contributed by atoms with van der Waals surface area (Å²) < 4.78 is 0. The van der Waals surface area contributed by atoms with Gasteiger partial charge in [-0.3, -0.25) is 4.99 Å². The van der Waals surface area contributed by atoms with Gasteiger partial charge < -0.3 is 10.2 Å². The summed E-state index contributed by atoms with van der Waals surface area (Å²) in [6, 6.07) is 29.1. The third-order valence-electron chi connectivity index (χ3n) is 5.60. The SMILES string of the molecule is Cc1ccc(N=Cc2cc3ccccc3c(-c3c(O)ccc4ccccc34)c2O)cc1. The molecule has 3 nitrogen and oxygen atoms in total. The van der Waals surface area contributed by atoms with Gasteiger partial charge in [-0.05, 0) is 52.7 Å². The van der Waals surface area contributed by atoms with Crippen molar-refractivity contribution in [1.82, 2.24) is 0 Å². The fourth-order valence-electron chi connectivity index (χ4n) is 4.01. The minimum Gasteiger partial charge on any atom is -0.507 e. The lowest BCUT2D eigenvalue weighted by atomic mass is 9.90. The van der Waals surface area contributed by atoms with Crippen LogP contribution in [0.15, 0.2) is 96.0 Å². The van der Waals surface area contributed by atoms with Crippen molar-refractivity contribution in [1.29, 1.82) is 0 Å². The Hall–Kier alpha value is -4.11. The van der Waals surface area contributed by atoms with Gasteiger partial charge in [0, 0.05) is 22.9 Å². The minimum absolute atomic E-state index is 0.0983. The predicted molar refractivity (Wildman–Crippen MR) is 129 cm³/mol. The highest BCUT2D eigenvalue weighted by Crippen LogP contribution is 2.45. The van der Waals surface area contributed by atoms with Gasteiger partial charge in [-0.2, -0.15) is 0 Å². The Morgan fingerprint density at radius 2 is 1.32 bits per heavy atom. The zero-order chi connectivity index (χ0) is 21.4. The normalized spacial score (nSPS) is 11.5. The predicted octanol–water partition coefficient (Wildman–Crippen LogP) is 7.13. The van der Waals surface area contributed by atoms with Crippen molar-refractivity contribution < 1.29 is 10.2 Å². The number of nitrogens with zero attached hydrogens (tertiary/aromatic N) is 1. The zero-order valence-electron chi connectivity index (χ0n) is 17.1. The third-order valence-corrected chi connectivity index (χ3v) is 5.60. The van der Waals surface area contributed by atoms with Crippen LogP contribution in [-0.2, 0) is 0 Å². The Morgan fingerprint density at radius 3 is 2.06 bits per heavy atom. The maximum Gasteiger partial charge on any atom is 0.132 e. The first kappa shape index (κ1) is 18.9. The molecule has 150 valence electrons. The maximum absolute atomic E-state index is 11.3. The topological polar surface area (TPSA) is 52.8 Å². The largest absolute Gasteiger partial charge is 0.507 e. The number of hydrogen-bond donors (Lipinski definition) is 2. The second-order valence-corrected chi connectivity index (χ2v) is 7.69. The fraction of sp³-hybridized carbons (Fsp3) is 0.0357. The molecule has 0 aromatic heterocycles. The average Bonchev–Trinajstić information content (AvgIpc) is 2.79. The van der Waals surface area contributed by atoms with E-state index in [-0.39, 0.29) is 11.5 Å². The first-order chi connectivity index (χ1) is 15.1. The van der Waals surface area contributed by atoms with E-state index in [1.54, 1.807) is 12.3 Å². The van der Waals surface area contributed by atoms with Crippen LogP contribution in [-0.4, -0.2) is 16.4 Å². The number of aromatic hydroxyl groups is 2. The van der Waals surface area contributed by atoms with Crippen LogP contribution in [0.5, 0.6) is 11.5 Å². The molecule has 0 saturated carbocycles. The van der Waals surface area contributed by atoms with Gasteiger partial charge in [0.1, 0.15) is 11.5 Å². The number of aryl methyl sites for hydroxylation is 1. The van der Waals surface area contributed by atoms with Crippen LogP contribution in [0.2, 0.25) is 0 Å². The molecular formula is C28H21NO2. The van der Waals surface area contributed by atoms with E-state index in [4.69, 9.17) is 0 Å². The first-order valence-corrected chi connectivity index (χ1v) is 10.2. The first-order valence-electron chi connectivity index (χ1n) is 10.2. The summed E-state index contributed by atoms with van der Waals surface area (Å²) in [7, 11) is 0. The van der Waals surface area contributed by atoms with Crippen LogP contribution in [0.25, 0.3) is 32.7 Å². The Kier molecular flexibility index (Phi) is 4.64. The number of phenolic OH excluding ortho intramolecular Hbond substituents is 2. The number of aliphatic imine (C=N–C) groups is 1. The van der Waals surface area contributed by atoms with E-state index in [0.717, 1.165) is 27.2 Å². The van der Waals surface area contributed by atoms with Gasteiger partial charge in [-0.15, -0.1) is 0 Å². The number of phenols is 2. The highest BCUT2D eigenvalue weighted by atomic mass is 16.3. The van der Waals surface area contributed by atoms with Crippen molar-refractivity contribution >= 4 is 33.4 Å². The smallest absolute Gasteiger partial charge is 0.132 e. The minimum atomic E-state index is 0.0983. The van der Waals surface area contributed by atoms with Crippen molar-refractivity contribution in [3.63, 3.8) is 0 Å². The van der Waals surface area contributed by atoms with Crippen molar-refractivity contribution in [2.45, 2.75) is 6.92 Å². The number of hydrogen-bond acceptors (Lipinski definition) is 3. The molecule has 31 heavy (non-hydrogen) atoms.